The molecule has 0 saturated carbocycles. The van der Waals surface area contributed by atoms with Gasteiger partial charge in [0.2, 0.25) is 0 Å². The lowest BCUT2D eigenvalue weighted by Gasteiger charge is -2.25. The van der Waals surface area contributed by atoms with Crippen molar-refractivity contribution in [2.45, 2.75) is 38.5 Å². The van der Waals surface area contributed by atoms with Gasteiger partial charge in [-0.1, -0.05) is 30.3 Å². The summed E-state index contributed by atoms with van der Waals surface area (Å²) in [6.07, 6.45) is 1.67. The van der Waals surface area contributed by atoms with E-state index in [-0.39, 0.29) is 40.3 Å². The zero-order valence-electron chi connectivity index (χ0n) is 15.0. The molecular formula is C21H22NO4+. The van der Waals surface area contributed by atoms with E-state index in [4.69, 9.17) is 9.15 Å². The van der Waals surface area contributed by atoms with Gasteiger partial charge in [-0.05, 0) is 25.8 Å². The second-order valence-electron chi connectivity index (χ2n) is 7.93. The Balaban J connectivity index is 1.47. The van der Waals surface area contributed by atoms with Crippen molar-refractivity contribution < 1.29 is 23.2 Å². The predicted octanol–water partition coefficient (Wildman–Crippen LogP) is 3.06. The van der Waals surface area contributed by atoms with Crippen molar-refractivity contribution in [2.75, 3.05) is 7.05 Å². The van der Waals surface area contributed by atoms with E-state index < -0.39 is 0 Å². The second-order valence-corrected chi connectivity index (χ2v) is 7.93. The van der Waals surface area contributed by atoms with Crippen LogP contribution in [0.4, 0.5) is 0 Å². The van der Waals surface area contributed by atoms with Gasteiger partial charge in [-0.3, -0.25) is 0 Å². The number of ether oxygens (including phenoxy) is 1. The molecule has 4 heterocycles. The Labute approximate surface area is 152 Å². The van der Waals surface area contributed by atoms with Gasteiger partial charge in [0.1, 0.15) is 29.9 Å². The summed E-state index contributed by atoms with van der Waals surface area (Å²) < 4.78 is 11.6. The fourth-order valence-electron chi connectivity index (χ4n) is 4.99. The normalized spacial score (nSPS) is 35.3. The van der Waals surface area contributed by atoms with Crippen molar-refractivity contribution in [3.8, 4) is 11.3 Å². The monoisotopic (exact) mass is 352 g/mol. The molecule has 2 amide bonds. The molecule has 0 aliphatic carbocycles. The standard InChI is InChI=1S/C21H22NO4/c1-12-14(10-17(25-12)13-6-4-3-5-7-13)11-22(2)20(23)18-15-8-9-16(26-15)19(18)21(22)24/h3-7,10,15-16,18-19H,8-9,11H2,1-2H3/q+1/t15-,16+,18-,19+,22?. The molecule has 5 nitrogen and oxygen atoms in total. The Bertz CT molecular complexity index is 872. The molecule has 3 fully saturated rings. The van der Waals surface area contributed by atoms with Gasteiger partial charge in [-0.15, -0.1) is 0 Å². The van der Waals surface area contributed by atoms with Gasteiger partial charge in [0.05, 0.1) is 19.3 Å². The highest BCUT2D eigenvalue weighted by molar-refractivity contribution is 5.97. The number of amides is 2. The molecule has 2 aromatic rings. The number of likely N-dealkylation sites (tertiary alicyclic amines) is 1. The van der Waals surface area contributed by atoms with Crippen LogP contribution in [0.1, 0.15) is 24.2 Å². The Kier molecular flexibility index (Phi) is 3.30. The highest BCUT2D eigenvalue weighted by Crippen LogP contribution is 2.51. The first-order chi connectivity index (χ1) is 12.5. The molecule has 0 N–H and O–H groups in total. The van der Waals surface area contributed by atoms with Gasteiger partial charge in [0.15, 0.2) is 0 Å². The summed E-state index contributed by atoms with van der Waals surface area (Å²) in [7, 11) is 1.76. The summed E-state index contributed by atoms with van der Waals surface area (Å²) >= 11 is 0. The summed E-state index contributed by atoms with van der Waals surface area (Å²) in [5, 5.41) is 0. The van der Waals surface area contributed by atoms with Gasteiger partial charge < -0.3 is 9.15 Å². The van der Waals surface area contributed by atoms with Crippen LogP contribution in [0.2, 0.25) is 0 Å². The second kappa shape index (κ2) is 5.38. The van der Waals surface area contributed by atoms with Gasteiger partial charge in [0.25, 0.3) is 0 Å². The molecule has 1 aromatic carbocycles. The number of hydrogen-bond donors (Lipinski definition) is 0. The lowest BCUT2D eigenvalue weighted by atomic mass is 9.81. The van der Waals surface area contributed by atoms with E-state index in [1.807, 2.05) is 43.3 Å². The first-order valence-corrected chi connectivity index (χ1v) is 9.23. The summed E-state index contributed by atoms with van der Waals surface area (Å²) in [6, 6.07) is 11.8. The van der Waals surface area contributed by atoms with E-state index in [1.165, 1.54) is 0 Å². The molecule has 0 spiro atoms. The van der Waals surface area contributed by atoms with Crippen molar-refractivity contribution in [2.24, 2.45) is 11.8 Å². The van der Waals surface area contributed by atoms with Crippen LogP contribution in [0.3, 0.4) is 0 Å². The largest absolute Gasteiger partial charge is 0.461 e. The lowest BCUT2D eigenvalue weighted by molar-refractivity contribution is -0.768. The summed E-state index contributed by atoms with van der Waals surface area (Å²) in [5.41, 5.74) is 1.91. The molecule has 1 aromatic heterocycles. The zero-order chi connectivity index (χ0) is 18.1. The third kappa shape index (κ3) is 2.04. The van der Waals surface area contributed by atoms with Gasteiger partial charge in [0, 0.05) is 11.1 Å². The van der Waals surface area contributed by atoms with Crippen molar-refractivity contribution in [3.05, 3.63) is 47.7 Å². The van der Waals surface area contributed by atoms with Crippen LogP contribution in [-0.2, 0) is 20.9 Å². The maximum absolute atomic E-state index is 13.1. The maximum Gasteiger partial charge on any atom is 0.327 e. The minimum Gasteiger partial charge on any atom is -0.461 e. The molecule has 5 atom stereocenters. The van der Waals surface area contributed by atoms with E-state index in [9.17, 15) is 9.59 Å². The third-order valence-electron chi connectivity index (χ3n) is 6.38. The van der Waals surface area contributed by atoms with Crippen molar-refractivity contribution in [3.63, 3.8) is 0 Å². The van der Waals surface area contributed by atoms with Crippen LogP contribution in [0, 0.1) is 18.8 Å². The van der Waals surface area contributed by atoms with E-state index >= 15 is 0 Å². The van der Waals surface area contributed by atoms with Crippen LogP contribution in [0.25, 0.3) is 11.3 Å². The summed E-state index contributed by atoms with van der Waals surface area (Å²) in [5.74, 6) is 1.04. The molecule has 3 aliphatic rings. The number of hydrogen-bond acceptors (Lipinski definition) is 4. The van der Waals surface area contributed by atoms with E-state index in [0.29, 0.717) is 6.54 Å². The molecule has 5 rings (SSSR count). The number of quaternary nitrogens is 1. The fraction of sp³-hybridized carbons (Fsp3) is 0.429. The summed E-state index contributed by atoms with van der Waals surface area (Å²) in [4.78, 5) is 26.3. The molecule has 3 saturated heterocycles. The SMILES string of the molecule is Cc1oc(-c2ccccc2)cc1C[N+]1(C)C(=O)[C@@H]2[C@H](C1=O)[C@H]1CC[C@@H]2O1. The van der Waals surface area contributed by atoms with Gasteiger partial charge >= 0.3 is 11.8 Å². The quantitative estimate of drug-likeness (QED) is 0.629. The highest BCUT2D eigenvalue weighted by atomic mass is 16.5. The third-order valence-corrected chi connectivity index (χ3v) is 6.38. The maximum atomic E-state index is 13.1. The molecule has 1 unspecified atom stereocenters. The number of carbonyl (C=O) groups is 2. The number of furan rings is 1. The number of imide groups is 1. The highest BCUT2D eigenvalue weighted by Gasteiger charge is 2.70. The van der Waals surface area contributed by atoms with E-state index in [1.54, 1.807) is 7.05 Å². The minimum absolute atomic E-state index is 0.00839. The fourth-order valence-corrected chi connectivity index (χ4v) is 4.99. The average molecular weight is 352 g/mol. The average Bonchev–Trinajstić information content (AvgIpc) is 3.38. The number of rotatable bonds is 3. The Morgan fingerprint density at radius 2 is 1.65 bits per heavy atom. The van der Waals surface area contributed by atoms with Crippen LogP contribution < -0.4 is 0 Å². The Morgan fingerprint density at radius 1 is 1.04 bits per heavy atom. The van der Waals surface area contributed by atoms with Crippen molar-refractivity contribution >= 4 is 11.8 Å². The predicted molar refractivity (Wildman–Crippen MR) is 93.7 cm³/mol. The lowest BCUT2D eigenvalue weighted by Crippen LogP contribution is -2.50. The zero-order valence-corrected chi connectivity index (χ0v) is 15.0. The van der Waals surface area contributed by atoms with E-state index in [0.717, 1.165) is 35.5 Å². The minimum atomic E-state index is -0.257. The van der Waals surface area contributed by atoms with Crippen molar-refractivity contribution in [1.29, 1.82) is 0 Å². The Morgan fingerprint density at radius 3 is 2.27 bits per heavy atom. The number of benzene rings is 1. The molecule has 134 valence electrons. The number of carbonyl (C=O) groups excluding carboxylic acids is 2. The van der Waals surface area contributed by atoms with Crippen LogP contribution in [0.5, 0.6) is 0 Å². The van der Waals surface area contributed by atoms with Crippen molar-refractivity contribution in [1.82, 2.24) is 0 Å². The van der Waals surface area contributed by atoms with E-state index in [2.05, 4.69) is 0 Å². The summed E-state index contributed by atoms with van der Waals surface area (Å²) in [6.45, 7) is 2.25. The number of nitrogens with zero attached hydrogens (tertiary/aromatic N) is 1. The smallest absolute Gasteiger partial charge is 0.327 e. The van der Waals surface area contributed by atoms with Gasteiger partial charge in [-0.2, -0.15) is 4.48 Å². The number of fused-ring (bicyclic) bond motifs is 5. The number of aryl methyl sites for hydroxylation is 1. The molecule has 0 radical (unpaired) electrons. The first-order valence-electron chi connectivity index (χ1n) is 9.23. The Hall–Kier alpha value is -2.24. The molecule has 3 aliphatic heterocycles. The van der Waals surface area contributed by atoms with Crippen LogP contribution in [-0.4, -0.2) is 35.6 Å². The van der Waals surface area contributed by atoms with Gasteiger partial charge in [-0.25, -0.2) is 9.59 Å². The topological polar surface area (TPSA) is 56.5 Å². The molecule has 26 heavy (non-hydrogen) atoms. The molecular weight excluding hydrogens is 330 g/mol. The first kappa shape index (κ1) is 16.0. The molecule has 5 heteroatoms. The molecule has 2 bridgehead atoms. The van der Waals surface area contributed by atoms with Crippen LogP contribution >= 0.6 is 0 Å². The van der Waals surface area contributed by atoms with Crippen LogP contribution in [0.15, 0.2) is 40.8 Å².